The number of rotatable bonds is 7. The molecule has 1 fully saturated rings. The number of benzene rings is 3. The van der Waals surface area contributed by atoms with Gasteiger partial charge < -0.3 is 14.6 Å². The summed E-state index contributed by atoms with van der Waals surface area (Å²) in [6.07, 6.45) is 0. The second-order valence-electron chi connectivity index (χ2n) is 8.94. The summed E-state index contributed by atoms with van der Waals surface area (Å²) in [4.78, 5) is 15.0. The van der Waals surface area contributed by atoms with Crippen LogP contribution in [0.25, 0.3) is 10.9 Å². The predicted molar refractivity (Wildman–Crippen MR) is 142 cm³/mol. The normalized spacial score (nSPS) is 14.4. The topological polar surface area (TPSA) is 88.7 Å². The van der Waals surface area contributed by atoms with Gasteiger partial charge in [0.05, 0.1) is 25.4 Å². The number of aromatic nitrogens is 1. The van der Waals surface area contributed by atoms with E-state index in [-0.39, 0.29) is 11.6 Å². The summed E-state index contributed by atoms with van der Waals surface area (Å²) in [5, 5.41) is 20.5. The molecule has 8 nitrogen and oxygen atoms in total. The number of morpholine rings is 1. The SMILES string of the molecule is Cc1ccc2c(c1)c(N=NC(=O)c1ccc(OCc3cccc(Cl)c3)cc1)c(O)n2CN1CCOCC1. The van der Waals surface area contributed by atoms with Crippen molar-refractivity contribution in [3.8, 4) is 11.6 Å². The summed E-state index contributed by atoms with van der Waals surface area (Å²) in [7, 11) is 0. The summed E-state index contributed by atoms with van der Waals surface area (Å²) in [5.41, 5.74) is 3.45. The molecule has 1 aliphatic rings. The predicted octanol–water partition coefficient (Wildman–Crippen LogP) is 6.10. The average molecular weight is 519 g/mol. The summed E-state index contributed by atoms with van der Waals surface area (Å²) >= 11 is 6.01. The maximum absolute atomic E-state index is 12.8. The van der Waals surface area contributed by atoms with Crippen LogP contribution < -0.4 is 4.74 Å². The number of fused-ring (bicyclic) bond motifs is 1. The van der Waals surface area contributed by atoms with E-state index in [0.29, 0.717) is 42.8 Å². The zero-order valence-corrected chi connectivity index (χ0v) is 21.2. The third-order valence-corrected chi connectivity index (χ3v) is 6.48. The molecule has 9 heteroatoms. The van der Waals surface area contributed by atoms with Gasteiger partial charge >= 0.3 is 0 Å². The molecule has 0 unspecified atom stereocenters. The van der Waals surface area contributed by atoms with Gasteiger partial charge in [0, 0.05) is 29.1 Å². The number of halogens is 1. The Morgan fingerprint density at radius 3 is 2.62 bits per heavy atom. The van der Waals surface area contributed by atoms with Gasteiger partial charge in [0.2, 0.25) is 5.88 Å². The fraction of sp³-hybridized carbons (Fsp3) is 0.250. The summed E-state index contributed by atoms with van der Waals surface area (Å²) in [5.74, 6) is 0.0868. The van der Waals surface area contributed by atoms with Crippen LogP contribution in [0.15, 0.2) is 77.0 Å². The van der Waals surface area contributed by atoms with E-state index in [1.807, 2.05) is 49.4 Å². The van der Waals surface area contributed by atoms with Gasteiger partial charge in [-0.2, -0.15) is 0 Å². The smallest absolute Gasteiger partial charge is 0.295 e. The van der Waals surface area contributed by atoms with Crippen LogP contribution in [0, 0.1) is 6.92 Å². The van der Waals surface area contributed by atoms with Crippen LogP contribution in [-0.4, -0.2) is 46.8 Å². The first-order valence-electron chi connectivity index (χ1n) is 12.0. The van der Waals surface area contributed by atoms with Crippen LogP contribution in [0.1, 0.15) is 21.5 Å². The average Bonchev–Trinajstić information content (AvgIpc) is 3.16. The molecule has 0 saturated carbocycles. The number of aryl methyl sites for hydroxylation is 1. The Morgan fingerprint density at radius 1 is 1.08 bits per heavy atom. The molecule has 1 saturated heterocycles. The lowest BCUT2D eigenvalue weighted by Crippen LogP contribution is -2.37. The molecule has 37 heavy (non-hydrogen) atoms. The standard InChI is InChI=1S/C28H27ClN4O4/c1-19-5-10-25-24(15-19)26(28(35)33(25)18-32-11-13-36-14-12-32)30-31-27(34)21-6-8-23(9-7-21)37-17-20-3-2-4-22(29)16-20/h2-10,15-16,35H,11-14,17-18H2,1H3. The van der Waals surface area contributed by atoms with Crippen LogP contribution in [0.2, 0.25) is 5.02 Å². The van der Waals surface area contributed by atoms with Crippen molar-refractivity contribution in [1.29, 1.82) is 0 Å². The summed E-state index contributed by atoms with van der Waals surface area (Å²) in [6.45, 7) is 5.70. The van der Waals surface area contributed by atoms with Gasteiger partial charge in [-0.15, -0.1) is 10.2 Å². The highest BCUT2D eigenvalue weighted by Gasteiger charge is 2.20. The Balaban J connectivity index is 1.32. The highest BCUT2D eigenvalue weighted by molar-refractivity contribution is 6.30. The zero-order valence-electron chi connectivity index (χ0n) is 20.4. The molecule has 0 spiro atoms. The summed E-state index contributed by atoms with van der Waals surface area (Å²) < 4.78 is 13.0. The quantitative estimate of drug-likeness (QED) is 0.298. The minimum Gasteiger partial charge on any atom is -0.493 e. The lowest BCUT2D eigenvalue weighted by molar-refractivity contribution is 0.0231. The fourth-order valence-electron chi connectivity index (χ4n) is 4.26. The van der Waals surface area contributed by atoms with Crippen molar-refractivity contribution in [2.75, 3.05) is 26.3 Å². The molecule has 3 aromatic carbocycles. The Kier molecular flexibility index (Phi) is 7.50. The number of ether oxygens (including phenoxy) is 2. The van der Waals surface area contributed by atoms with Gasteiger partial charge in [-0.3, -0.25) is 14.3 Å². The maximum atomic E-state index is 12.8. The molecule has 0 radical (unpaired) electrons. The monoisotopic (exact) mass is 518 g/mol. The molecule has 0 bridgehead atoms. The Morgan fingerprint density at radius 2 is 1.86 bits per heavy atom. The van der Waals surface area contributed by atoms with Gasteiger partial charge in [0.15, 0.2) is 5.69 Å². The van der Waals surface area contributed by atoms with Crippen LogP contribution in [0.5, 0.6) is 11.6 Å². The number of hydrogen-bond donors (Lipinski definition) is 1. The first-order valence-corrected chi connectivity index (χ1v) is 12.4. The number of hydrogen-bond acceptors (Lipinski definition) is 6. The summed E-state index contributed by atoms with van der Waals surface area (Å²) in [6, 6.07) is 20.0. The van der Waals surface area contributed by atoms with Gasteiger partial charge in [-0.25, -0.2) is 0 Å². The van der Waals surface area contributed by atoms with Gasteiger partial charge in [-0.05, 0) is 61.0 Å². The van der Waals surface area contributed by atoms with E-state index in [0.717, 1.165) is 35.1 Å². The number of nitrogens with zero attached hydrogens (tertiary/aromatic N) is 4. The highest BCUT2D eigenvalue weighted by atomic mass is 35.5. The van der Waals surface area contributed by atoms with E-state index < -0.39 is 5.91 Å². The lowest BCUT2D eigenvalue weighted by Gasteiger charge is -2.27. The number of aromatic hydroxyl groups is 1. The van der Waals surface area contributed by atoms with E-state index >= 15 is 0 Å². The van der Waals surface area contributed by atoms with Crippen molar-refractivity contribution in [1.82, 2.24) is 9.47 Å². The van der Waals surface area contributed by atoms with E-state index in [9.17, 15) is 9.90 Å². The van der Waals surface area contributed by atoms with Gasteiger partial charge in [0.1, 0.15) is 12.4 Å². The van der Waals surface area contributed by atoms with E-state index in [1.165, 1.54) is 0 Å². The largest absolute Gasteiger partial charge is 0.493 e. The number of carbonyl (C=O) groups is 1. The zero-order chi connectivity index (χ0) is 25.8. The Labute approximate surface area is 219 Å². The molecule has 1 amide bonds. The molecular formula is C28H27ClN4O4. The second kappa shape index (κ2) is 11.1. The van der Waals surface area contributed by atoms with E-state index in [2.05, 4.69) is 15.1 Å². The number of amides is 1. The molecule has 0 atom stereocenters. The maximum Gasteiger partial charge on any atom is 0.295 e. The van der Waals surface area contributed by atoms with Crippen molar-refractivity contribution >= 4 is 34.1 Å². The third kappa shape index (κ3) is 5.83. The number of carbonyl (C=O) groups excluding carboxylic acids is 1. The van der Waals surface area contributed by atoms with E-state index in [4.69, 9.17) is 21.1 Å². The highest BCUT2D eigenvalue weighted by Crippen LogP contribution is 2.39. The molecule has 5 rings (SSSR count). The Hall–Kier alpha value is -3.72. The van der Waals surface area contributed by atoms with Crippen LogP contribution >= 0.6 is 11.6 Å². The molecule has 190 valence electrons. The van der Waals surface area contributed by atoms with Crippen LogP contribution in [0.3, 0.4) is 0 Å². The van der Waals surface area contributed by atoms with Crippen LogP contribution in [0.4, 0.5) is 5.69 Å². The first kappa shape index (κ1) is 25.0. The van der Waals surface area contributed by atoms with Crippen LogP contribution in [-0.2, 0) is 18.0 Å². The van der Waals surface area contributed by atoms with Gasteiger partial charge in [-0.1, -0.05) is 35.4 Å². The molecule has 0 aliphatic carbocycles. The molecular weight excluding hydrogens is 492 g/mol. The Bertz CT molecular complexity index is 1440. The molecule has 1 aliphatic heterocycles. The minimum absolute atomic E-state index is 0.0200. The van der Waals surface area contributed by atoms with Gasteiger partial charge in [0.25, 0.3) is 5.91 Å². The van der Waals surface area contributed by atoms with Crippen molar-refractivity contribution in [2.45, 2.75) is 20.2 Å². The lowest BCUT2D eigenvalue weighted by atomic mass is 10.1. The van der Waals surface area contributed by atoms with Crippen molar-refractivity contribution in [3.05, 3.63) is 88.4 Å². The third-order valence-electron chi connectivity index (χ3n) is 6.25. The molecule has 1 aromatic heterocycles. The van der Waals surface area contributed by atoms with Crippen molar-refractivity contribution in [2.24, 2.45) is 10.2 Å². The minimum atomic E-state index is -0.512. The van der Waals surface area contributed by atoms with Crippen molar-refractivity contribution < 1.29 is 19.4 Å². The van der Waals surface area contributed by atoms with E-state index in [1.54, 1.807) is 28.8 Å². The van der Waals surface area contributed by atoms with Crippen molar-refractivity contribution in [3.63, 3.8) is 0 Å². The first-order chi connectivity index (χ1) is 18.0. The fourth-order valence-corrected chi connectivity index (χ4v) is 4.47. The number of azo groups is 1. The molecule has 4 aromatic rings. The molecule has 1 N–H and O–H groups in total. The molecule has 2 heterocycles. The second-order valence-corrected chi connectivity index (χ2v) is 9.38.